The zero-order valence-electron chi connectivity index (χ0n) is 15.6. The van der Waals surface area contributed by atoms with Gasteiger partial charge in [-0.1, -0.05) is 12.1 Å². The minimum absolute atomic E-state index is 0.000397. The molecule has 3 rings (SSSR count). The van der Waals surface area contributed by atoms with Crippen molar-refractivity contribution >= 4 is 28.8 Å². The predicted molar refractivity (Wildman–Crippen MR) is 105 cm³/mol. The van der Waals surface area contributed by atoms with Crippen LogP contribution >= 0.6 is 11.3 Å². The van der Waals surface area contributed by atoms with Crippen molar-refractivity contribution < 1.29 is 19.1 Å². The third-order valence-corrected chi connectivity index (χ3v) is 5.95. The number of rotatable bonds is 6. The molecule has 1 atom stereocenters. The molecule has 0 radical (unpaired) electrons. The highest BCUT2D eigenvalue weighted by atomic mass is 32.1. The molecular weight excluding hydrogens is 362 g/mol. The third kappa shape index (κ3) is 4.45. The number of thiophene rings is 1. The average Bonchev–Trinajstić information content (AvgIpc) is 3.16. The van der Waals surface area contributed by atoms with Crippen molar-refractivity contribution in [1.82, 2.24) is 4.90 Å². The van der Waals surface area contributed by atoms with E-state index in [0.29, 0.717) is 29.3 Å². The van der Waals surface area contributed by atoms with E-state index in [4.69, 9.17) is 4.74 Å². The van der Waals surface area contributed by atoms with Crippen LogP contribution in [0, 0.1) is 5.92 Å². The number of benzene rings is 1. The lowest BCUT2D eigenvalue weighted by molar-refractivity contribution is -0.131. The van der Waals surface area contributed by atoms with Crippen LogP contribution < -0.4 is 4.74 Å². The molecule has 1 amide bonds. The van der Waals surface area contributed by atoms with Gasteiger partial charge in [-0.3, -0.25) is 14.4 Å². The van der Waals surface area contributed by atoms with Gasteiger partial charge in [-0.2, -0.15) is 0 Å². The van der Waals surface area contributed by atoms with Crippen LogP contribution in [0.4, 0.5) is 0 Å². The molecule has 0 bridgehead atoms. The summed E-state index contributed by atoms with van der Waals surface area (Å²) in [4.78, 5) is 39.5. The molecule has 0 spiro atoms. The topological polar surface area (TPSA) is 63.7 Å². The summed E-state index contributed by atoms with van der Waals surface area (Å²) >= 11 is 1.36. The Balaban J connectivity index is 1.67. The van der Waals surface area contributed by atoms with Gasteiger partial charge in [0.05, 0.1) is 24.0 Å². The summed E-state index contributed by atoms with van der Waals surface area (Å²) in [7, 11) is 1.55. The standard InChI is InChI=1S/C21H23NO4S/c1-14(23)19-10-15(13-27-19)11-20(24)22-9-5-6-16(12-22)21(25)17-7-3-4-8-18(17)26-2/h3-4,7-8,10,13,16H,5-6,9,11-12H2,1-2H3/t16-/m0/s1. The summed E-state index contributed by atoms with van der Waals surface area (Å²) in [6.07, 6.45) is 1.84. The normalized spacial score (nSPS) is 16.8. The maximum absolute atomic E-state index is 12.9. The number of methoxy groups -OCH3 is 1. The quantitative estimate of drug-likeness (QED) is 0.713. The lowest BCUT2D eigenvalue weighted by Gasteiger charge is -2.32. The molecular formula is C21H23NO4S. The molecule has 0 aliphatic carbocycles. The molecule has 142 valence electrons. The Kier molecular flexibility index (Phi) is 6.06. The van der Waals surface area contributed by atoms with Crippen molar-refractivity contribution in [1.29, 1.82) is 0 Å². The van der Waals surface area contributed by atoms with Crippen LogP contribution in [0.2, 0.25) is 0 Å². The summed E-state index contributed by atoms with van der Waals surface area (Å²) in [6.45, 7) is 2.62. The Bertz CT molecular complexity index is 857. The summed E-state index contributed by atoms with van der Waals surface area (Å²) in [5, 5.41) is 1.86. The highest BCUT2D eigenvalue weighted by Gasteiger charge is 2.30. The molecule has 1 aliphatic rings. The highest BCUT2D eigenvalue weighted by molar-refractivity contribution is 7.12. The Morgan fingerprint density at radius 1 is 1.26 bits per heavy atom. The van der Waals surface area contributed by atoms with Crippen molar-refractivity contribution in [2.45, 2.75) is 26.2 Å². The lowest BCUT2D eigenvalue weighted by atomic mass is 9.89. The third-order valence-electron chi connectivity index (χ3n) is 4.87. The van der Waals surface area contributed by atoms with Crippen LogP contribution in [0.25, 0.3) is 0 Å². The molecule has 5 nitrogen and oxygen atoms in total. The number of ketones is 2. The van der Waals surface area contributed by atoms with Crippen LogP contribution in [0.1, 0.15) is 45.4 Å². The Morgan fingerprint density at radius 2 is 2.04 bits per heavy atom. The predicted octanol–water partition coefficient (Wildman–Crippen LogP) is 3.62. The first-order valence-electron chi connectivity index (χ1n) is 9.03. The SMILES string of the molecule is COc1ccccc1C(=O)[C@H]1CCCN(C(=O)Cc2csc(C(C)=O)c2)C1. The first-order valence-corrected chi connectivity index (χ1v) is 9.91. The van der Waals surface area contributed by atoms with Gasteiger partial charge in [-0.25, -0.2) is 0 Å². The lowest BCUT2D eigenvalue weighted by Crippen LogP contribution is -2.43. The van der Waals surface area contributed by atoms with Gasteiger partial charge in [0, 0.05) is 19.0 Å². The minimum Gasteiger partial charge on any atom is -0.496 e. The maximum Gasteiger partial charge on any atom is 0.227 e. The molecule has 0 unspecified atom stereocenters. The zero-order chi connectivity index (χ0) is 19.4. The van der Waals surface area contributed by atoms with Crippen molar-refractivity contribution in [2.75, 3.05) is 20.2 Å². The van der Waals surface area contributed by atoms with Crippen LogP contribution in [-0.2, 0) is 11.2 Å². The van der Waals surface area contributed by atoms with Crippen LogP contribution in [0.3, 0.4) is 0 Å². The fraction of sp³-hybridized carbons (Fsp3) is 0.381. The van der Waals surface area contributed by atoms with E-state index < -0.39 is 0 Å². The second-order valence-corrected chi connectivity index (χ2v) is 7.71. The number of carbonyl (C=O) groups is 3. The van der Waals surface area contributed by atoms with Gasteiger partial charge in [0.25, 0.3) is 0 Å². The van der Waals surface area contributed by atoms with Crippen LogP contribution in [0.5, 0.6) is 5.75 Å². The van der Waals surface area contributed by atoms with Crippen molar-refractivity contribution in [3.05, 3.63) is 51.7 Å². The highest BCUT2D eigenvalue weighted by Crippen LogP contribution is 2.26. The maximum atomic E-state index is 12.9. The molecule has 1 aliphatic heterocycles. The van der Waals surface area contributed by atoms with Crippen molar-refractivity contribution in [3.8, 4) is 5.75 Å². The van der Waals surface area contributed by atoms with Gasteiger partial charge in [0.2, 0.25) is 5.91 Å². The van der Waals surface area contributed by atoms with Gasteiger partial charge in [-0.15, -0.1) is 11.3 Å². The van der Waals surface area contributed by atoms with E-state index >= 15 is 0 Å². The van der Waals surface area contributed by atoms with Crippen LogP contribution in [0.15, 0.2) is 35.7 Å². The average molecular weight is 385 g/mol. The number of carbonyl (C=O) groups excluding carboxylic acids is 3. The summed E-state index contributed by atoms with van der Waals surface area (Å²) in [6, 6.07) is 9.00. The number of Topliss-reactive ketones (excluding diaryl/α,β-unsaturated/α-hetero) is 2. The molecule has 6 heteroatoms. The van der Waals surface area contributed by atoms with Crippen molar-refractivity contribution in [3.63, 3.8) is 0 Å². The van der Waals surface area contributed by atoms with Gasteiger partial charge in [-0.05, 0) is 48.9 Å². The van der Waals surface area contributed by atoms with Gasteiger partial charge in [0.1, 0.15) is 5.75 Å². The zero-order valence-corrected chi connectivity index (χ0v) is 16.4. The molecule has 1 saturated heterocycles. The first kappa shape index (κ1) is 19.3. The van der Waals surface area contributed by atoms with Gasteiger partial charge >= 0.3 is 0 Å². The van der Waals surface area contributed by atoms with E-state index in [2.05, 4.69) is 0 Å². The molecule has 27 heavy (non-hydrogen) atoms. The molecule has 1 aromatic heterocycles. The largest absolute Gasteiger partial charge is 0.496 e. The smallest absolute Gasteiger partial charge is 0.227 e. The van der Waals surface area contributed by atoms with E-state index in [0.717, 1.165) is 18.4 Å². The van der Waals surface area contributed by atoms with E-state index in [1.54, 1.807) is 30.2 Å². The number of hydrogen-bond acceptors (Lipinski definition) is 5. The number of amides is 1. The second kappa shape index (κ2) is 8.48. The van der Waals surface area contributed by atoms with E-state index in [1.165, 1.54) is 18.3 Å². The Morgan fingerprint density at radius 3 is 2.74 bits per heavy atom. The van der Waals surface area contributed by atoms with Gasteiger partial charge in [0.15, 0.2) is 11.6 Å². The summed E-state index contributed by atoms with van der Waals surface area (Å²) < 4.78 is 5.30. The van der Waals surface area contributed by atoms with E-state index in [1.807, 2.05) is 17.5 Å². The molecule has 2 aromatic rings. The number of nitrogens with zero attached hydrogens (tertiary/aromatic N) is 1. The fourth-order valence-electron chi connectivity index (χ4n) is 3.43. The molecule has 2 heterocycles. The summed E-state index contributed by atoms with van der Waals surface area (Å²) in [5.74, 6) is 0.397. The number of para-hydroxylation sites is 1. The number of likely N-dealkylation sites (tertiary alicyclic amines) is 1. The Labute approximate surface area is 162 Å². The first-order chi connectivity index (χ1) is 13.0. The second-order valence-electron chi connectivity index (χ2n) is 6.80. The molecule has 0 saturated carbocycles. The fourth-order valence-corrected chi connectivity index (χ4v) is 4.24. The minimum atomic E-state index is -0.214. The van der Waals surface area contributed by atoms with Crippen molar-refractivity contribution in [2.24, 2.45) is 5.92 Å². The van der Waals surface area contributed by atoms with E-state index in [-0.39, 0.29) is 29.8 Å². The number of hydrogen-bond donors (Lipinski definition) is 0. The van der Waals surface area contributed by atoms with E-state index in [9.17, 15) is 14.4 Å². The monoisotopic (exact) mass is 385 g/mol. The summed E-state index contributed by atoms with van der Waals surface area (Å²) in [5.41, 5.74) is 1.43. The molecule has 0 N–H and O–H groups in total. The number of piperidine rings is 1. The molecule has 1 fully saturated rings. The molecule has 1 aromatic carbocycles. The van der Waals surface area contributed by atoms with Gasteiger partial charge < -0.3 is 9.64 Å². The Hall–Kier alpha value is -2.47. The van der Waals surface area contributed by atoms with Crippen LogP contribution in [-0.4, -0.2) is 42.6 Å². The number of ether oxygens (including phenoxy) is 1.